The highest BCUT2D eigenvalue weighted by Gasteiger charge is 2.46. The third kappa shape index (κ3) is 6.65. The van der Waals surface area contributed by atoms with E-state index in [0.717, 1.165) is 11.3 Å². The van der Waals surface area contributed by atoms with Crippen molar-refractivity contribution in [1.82, 2.24) is 25.0 Å². The number of pyridine rings is 1. The van der Waals surface area contributed by atoms with Gasteiger partial charge >= 0.3 is 0 Å². The standard InChI is InChI=1S/C37H37F3N6O6S/c1-43(2)16-25-26(38)11-20(12-28(25)52-4)24-17-44(3)35(50)23-14-29(53-32(23)24)34(49)41-30-9-10-45(18-37(30,39)40)21-6-5-19-15-46(36(51)22(19)13-21)27-7-8-31(47)42-33(27)48/h5-6,11-14,17,27,30H,7-10,15-16,18H2,1-4H3,(H,41,49)(H,42,47,48). The molecule has 2 unspecified atom stereocenters. The second-order valence-corrected chi connectivity index (χ2v) is 15.0. The molecule has 0 bridgehead atoms. The highest BCUT2D eigenvalue weighted by molar-refractivity contribution is 7.21. The number of halogens is 3. The number of imide groups is 1. The van der Waals surface area contributed by atoms with Crippen molar-refractivity contribution in [3.8, 4) is 16.9 Å². The minimum absolute atomic E-state index is 0.0529. The van der Waals surface area contributed by atoms with Gasteiger partial charge in [0.1, 0.15) is 17.6 Å². The Hall–Kier alpha value is -5.22. The zero-order chi connectivity index (χ0) is 37.9. The molecule has 4 aromatic rings. The van der Waals surface area contributed by atoms with Crippen LogP contribution in [0, 0.1) is 5.82 Å². The van der Waals surface area contributed by atoms with Crippen LogP contribution in [0.1, 0.15) is 50.4 Å². The summed E-state index contributed by atoms with van der Waals surface area (Å²) in [7, 11) is 6.59. The van der Waals surface area contributed by atoms with Crippen molar-refractivity contribution in [3.63, 3.8) is 0 Å². The molecule has 2 saturated heterocycles. The van der Waals surface area contributed by atoms with E-state index in [-0.39, 0.29) is 42.6 Å². The molecule has 2 fully saturated rings. The third-order valence-corrected chi connectivity index (χ3v) is 11.2. The van der Waals surface area contributed by atoms with Crippen LogP contribution in [0.4, 0.5) is 18.9 Å². The minimum atomic E-state index is -3.37. The number of hydrogen-bond donors (Lipinski definition) is 2. The number of carbonyl (C=O) groups excluding carboxylic acids is 4. The summed E-state index contributed by atoms with van der Waals surface area (Å²) in [6.07, 6.45) is 1.77. The SMILES string of the molecule is COc1cc(-c2cn(C)c(=O)c3cc(C(=O)NC4CCN(c5ccc6c(c5)C(=O)N(C5CCC(=O)NC5=O)C6)CC4(F)F)sc23)cc(F)c1CN(C)C. The van der Waals surface area contributed by atoms with Crippen molar-refractivity contribution in [3.05, 3.63) is 80.3 Å². The number of aryl methyl sites for hydroxylation is 1. The van der Waals surface area contributed by atoms with Gasteiger partial charge < -0.3 is 29.3 Å². The quantitative estimate of drug-likeness (QED) is 0.260. The molecule has 53 heavy (non-hydrogen) atoms. The molecule has 5 heterocycles. The van der Waals surface area contributed by atoms with Crippen molar-refractivity contribution in [2.45, 2.75) is 50.4 Å². The number of rotatable bonds is 8. The Balaban J connectivity index is 1.08. The fraction of sp³-hybridized carbons (Fsp3) is 0.378. The Morgan fingerprint density at radius 1 is 1.09 bits per heavy atom. The predicted octanol–water partition coefficient (Wildman–Crippen LogP) is 3.88. The lowest BCUT2D eigenvalue weighted by molar-refractivity contribution is -0.136. The second kappa shape index (κ2) is 13.6. The van der Waals surface area contributed by atoms with Crippen molar-refractivity contribution in [2.75, 3.05) is 39.2 Å². The first-order valence-corrected chi connectivity index (χ1v) is 17.8. The Morgan fingerprint density at radius 3 is 2.57 bits per heavy atom. The largest absolute Gasteiger partial charge is 0.496 e. The molecule has 0 radical (unpaired) electrons. The van der Waals surface area contributed by atoms with Crippen LogP contribution >= 0.6 is 11.3 Å². The van der Waals surface area contributed by atoms with Crippen molar-refractivity contribution in [1.29, 1.82) is 0 Å². The van der Waals surface area contributed by atoms with E-state index >= 15 is 13.2 Å². The summed E-state index contributed by atoms with van der Waals surface area (Å²) in [6.45, 7) is -0.109. The maximum Gasteiger partial charge on any atom is 0.284 e. The van der Waals surface area contributed by atoms with Gasteiger partial charge in [-0.15, -0.1) is 11.3 Å². The van der Waals surface area contributed by atoms with Crippen molar-refractivity contribution in [2.24, 2.45) is 7.05 Å². The molecule has 2 aromatic heterocycles. The molecule has 3 aliphatic heterocycles. The van der Waals surface area contributed by atoms with E-state index in [1.54, 1.807) is 49.5 Å². The lowest BCUT2D eigenvalue weighted by Gasteiger charge is -2.39. The van der Waals surface area contributed by atoms with Crippen LogP contribution in [-0.4, -0.2) is 90.3 Å². The molecule has 0 aliphatic carbocycles. The van der Waals surface area contributed by atoms with Crippen molar-refractivity contribution < 1.29 is 37.1 Å². The zero-order valence-corrected chi connectivity index (χ0v) is 30.2. The molecule has 2 atom stereocenters. The third-order valence-electron chi connectivity index (χ3n) is 10.0. The molecular weight excluding hydrogens is 714 g/mol. The first-order valence-electron chi connectivity index (χ1n) is 17.0. The number of piperidine rings is 2. The average molecular weight is 751 g/mol. The molecule has 7 rings (SSSR count). The number of anilines is 1. The number of aromatic nitrogens is 1. The molecule has 0 spiro atoms. The van der Waals surface area contributed by atoms with Crippen LogP contribution < -0.4 is 25.8 Å². The van der Waals surface area contributed by atoms with E-state index in [0.29, 0.717) is 50.5 Å². The highest BCUT2D eigenvalue weighted by Crippen LogP contribution is 2.38. The van der Waals surface area contributed by atoms with Gasteiger partial charge in [0.05, 0.1) is 30.0 Å². The minimum Gasteiger partial charge on any atom is -0.496 e. The number of fused-ring (bicyclic) bond motifs is 2. The van der Waals surface area contributed by atoms with E-state index in [2.05, 4.69) is 10.6 Å². The van der Waals surface area contributed by atoms with E-state index in [4.69, 9.17) is 4.74 Å². The summed E-state index contributed by atoms with van der Waals surface area (Å²) in [4.78, 5) is 68.7. The number of carbonyl (C=O) groups is 4. The monoisotopic (exact) mass is 750 g/mol. The summed E-state index contributed by atoms with van der Waals surface area (Å²) >= 11 is 0.962. The van der Waals surface area contributed by atoms with Crippen LogP contribution in [0.25, 0.3) is 21.2 Å². The van der Waals surface area contributed by atoms with Crippen LogP contribution in [0.5, 0.6) is 5.75 Å². The number of amides is 4. The van der Waals surface area contributed by atoms with E-state index in [1.165, 1.54) is 40.7 Å². The molecular formula is C37H37F3N6O6S. The number of alkyl halides is 2. The lowest BCUT2D eigenvalue weighted by Crippen LogP contribution is -2.58. The molecule has 12 nitrogen and oxygen atoms in total. The number of methoxy groups -OCH3 is 1. The smallest absolute Gasteiger partial charge is 0.284 e. The molecule has 2 N–H and O–H groups in total. The molecule has 4 amide bonds. The number of nitrogens with one attached hydrogen (secondary N) is 2. The molecule has 16 heteroatoms. The Labute approximate surface area is 306 Å². The maximum absolute atomic E-state index is 15.7. The van der Waals surface area contributed by atoms with Gasteiger partial charge in [0.2, 0.25) is 11.8 Å². The molecule has 278 valence electrons. The summed E-state index contributed by atoms with van der Waals surface area (Å²) in [5.74, 6) is -5.64. The van der Waals surface area contributed by atoms with Gasteiger partial charge in [-0.2, -0.15) is 0 Å². The van der Waals surface area contributed by atoms with Crippen LogP contribution in [0.2, 0.25) is 0 Å². The van der Waals surface area contributed by atoms with Gasteiger partial charge in [-0.1, -0.05) is 6.07 Å². The summed E-state index contributed by atoms with van der Waals surface area (Å²) in [6, 6.07) is 6.97. The number of ether oxygens (including phenoxy) is 1. The van der Waals surface area contributed by atoms with Crippen LogP contribution in [0.3, 0.4) is 0 Å². The maximum atomic E-state index is 15.7. The first kappa shape index (κ1) is 36.2. The second-order valence-electron chi connectivity index (χ2n) is 13.9. The van der Waals surface area contributed by atoms with Gasteiger partial charge in [-0.05, 0) is 68.4 Å². The fourth-order valence-electron chi connectivity index (χ4n) is 7.29. The lowest BCUT2D eigenvalue weighted by atomic mass is 9.99. The summed E-state index contributed by atoms with van der Waals surface area (Å²) in [5, 5.41) is 4.94. The van der Waals surface area contributed by atoms with Gasteiger partial charge in [0, 0.05) is 66.4 Å². The van der Waals surface area contributed by atoms with E-state index in [9.17, 15) is 24.0 Å². The Kier molecular flexibility index (Phi) is 9.30. The van der Waals surface area contributed by atoms with Gasteiger partial charge in [-0.25, -0.2) is 13.2 Å². The predicted molar refractivity (Wildman–Crippen MR) is 192 cm³/mol. The number of benzene rings is 2. The summed E-state index contributed by atoms with van der Waals surface area (Å²) < 4.78 is 54.1. The number of hydrogen-bond acceptors (Lipinski definition) is 9. The van der Waals surface area contributed by atoms with Crippen LogP contribution in [0.15, 0.2) is 47.4 Å². The van der Waals surface area contributed by atoms with E-state index < -0.39 is 59.6 Å². The first-order chi connectivity index (χ1) is 25.1. The average Bonchev–Trinajstić information content (AvgIpc) is 3.69. The van der Waals surface area contributed by atoms with Crippen LogP contribution in [-0.2, 0) is 29.7 Å². The van der Waals surface area contributed by atoms with Gasteiger partial charge in [-0.3, -0.25) is 29.3 Å². The number of thiophene rings is 1. The van der Waals surface area contributed by atoms with E-state index in [1.807, 2.05) is 0 Å². The Morgan fingerprint density at radius 2 is 1.87 bits per heavy atom. The molecule has 0 saturated carbocycles. The van der Waals surface area contributed by atoms with Crippen molar-refractivity contribution >= 4 is 50.7 Å². The molecule has 2 aromatic carbocycles. The fourth-order valence-corrected chi connectivity index (χ4v) is 8.38. The van der Waals surface area contributed by atoms with Gasteiger partial charge in [0.25, 0.3) is 23.3 Å². The zero-order valence-electron chi connectivity index (χ0n) is 29.4. The molecule has 3 aliphatic rings. The Bertz CT molecular complexity index is 2250. The normalized spacial score (nSPS) is 19.9. The highest BCUT2D eigenvalue weighted by atomic mass is 32.1. The topological polar surface area (TPSA) is 133 Å². The van der Waals surface area contributed by atoms with Gasteiger partial charge in [0.15, 0.2) is 0 Å². The number of nitrogens with zero attached hydrogens (tertiary/aromatic N) is 4. The summed E-state index contributed by atoms with van der Waals surface area (Å²) in [5.41, 5.74) is 2.24.